The summed E-state index contributed by atoms with van der Waals surface area (Å²) in [5.41, 5.74) is 3.96. The molecule has 2 aliphatic rings. The zero-order valence-corrected chi connectivity index (χ0v) is 19.6. The second-order valence-electron chi connectivity index (χ2n) is 9.65. The minimum absolute atomic E-state index is 0.0332. The van der Waals surface area contributed by atoms with Crippen molar-refractivity contribution in [2.24, 2.45) is 0 Å². The van der Waals surface area contributed by atoms with Gasteiger partial charge in [0, 0.05) is 28.8 Å². The van der Waals surface area contributed by atoms with E-state index in [1.807, 2.05) is 44.2 Å². The van der Waals surface area contributed by atoms with E-state index in [-0.39, 0.29) is 12.1 Å². The number of anilines is 2. The highest BCUT2D eigenvalue weighted by Gasteiger charge is 2.31. The van der Waals surface area contributed by atoms with E-state index in [4.69, 9.17) is 4.74 Å². The predicted octanol–water partition coefficient (Wildman–Crippen LogP) is 6.33. The number of carbonyl (C=O) groups is 1. The van der Waals surface area contributed by atoms with E-state index in [0.29, 0.717) is 17.4 Å². The van der Waals surface area contributed by atoms with Crippen molar-refractivity contribution in [2.45, 2.75) is 64.0 Å². The molecule has 33 heavy (non-hydrogen) atoms. The number of H-pyrrole nitrogens is 1. The first kappa shape index (κ1) is 21.8. The van der Waals surface area contributed by atoms with Crippen molar-refractivity contribution >= 4 is 28.3 Å². The Balaban J connectivity index is 1.30. The zero-order valence-electron chi connectivity index (χ0n) is 19.6. The molecule has 0 aliphatic carbocycles. The van der Waals surface area contributed by atoms with E-state index in [1.54, 1.807) is 0 Å². The number of para-hydroxylation sites is 2. The molecule has 2 fully saturated rings. The minimum atomic E-state index is -0.276. The second kappa shape index (κ2) is 9.48. The Morgan fingerprint density at radius 2 is 1.97 bits per heavy atom. The van der Waals surface area contributed by atoms with Crippen molar-refractivity contribution in [3.05, 3.63) is 54.2 Å². The first-order valence-corrected chi connectivity index (χ1v) is 12.3. The highest BCUT2D eigenvalue weighted by atomic mass is 16.5. The number of carbonyl (C=O) groups excluding carboxylic acids is 1. The van der Waals surface area contributed by atoms with Gasteiger partial charge in [-0.15, -0.1) is 0 Å². The molecule has 1 aromatic heterocycles. The number of fused-ring (bicyclic) bond motifs is 2. The summed E-state index contributed by atoms with van der Waals surface area (Å²) in [4.78, 5) is 18.9. The Morgan fingerprint density at radius 1 is 1.09 bits per heavy atom. The Morgan fingerprint density at radius 3 is 2.85 bits per heavy atom. The van der Waals surface area contributed by atoms with Crippen LogP contribution in [0.3, 0.4) is 0 Å². The predicted molar refractivity (Wildman–Crippen MR) is 134 cm³/mol. The van der Waals surface area contributed by atoms with Gasteiger partial charge in [-0.05, 0) is 94.4 Å². The lowest BCUT2D eigenvalue weighted by atomic mass is 9.82. The highest BCUT2D eigenvalue weighted by Crippen LogP contribution is 2.39. The molecular formula is C27H34N4O2. The van der Waals surface area contributed by atoms with Crippen LogP contribution >= 0.6 is 0 Å². The topological polar surface area (TPSA) is 69.4 Å². The number of nitrogens with one attached hydrogen (secondary N) is 3. The van der Waals surface area contributed by atoms with Gasteiger partial charge in [0.05, 0.1) is 11.8 Å². The average molecular weight is 447 g/mol. The van der Waals surface area contributed by atoms with Crippen molar-refractivity contribution < 1.29 is 9.53 Å². The molecular weight excluding hydrogens is 412 g/mol. The van der Waals surface area contributed by atoms with Gasteiger partial charge in [-0.1, -0.05) is 18.6 Å². The molecule has 2 atom stereocenters. The number of urea groups is 1. The lowest BCUT2D eigenvalue weighted by Crippen LogP contribution is -2.44. The Labute approximate surface area is 195 Å². The molecule has 6 nitrogen and oxygen atoms in total. The lowest BCUT2D eigenvalue weighted by Gasteiger charge is -2.42. The first-order chi connectivity index (χ1) is 16.1. The van der Waals surface area contributed by atoms with Crippen LogP contribution in [-0.2, 0) is 0 Å². The van der Waals surface area contributed by atoms with Crippen LogP contribution in [0.25, 0.3) is 10.9 Å². The van der Waals surface area contributed by atoms with E-state index in [1.165, 1.54) is 56.1 Å². The van der Waals surface area contributed by atoms with Crippen LogP contribution in [0.5, 0.6) is 5.75 Å². The summed E-state index contributed by atoms with van der Waals surface area (Å²) in [5.74, 6) is 1.24. The molecule has 174 valence electrons. The summed E-state index contributed by atoms with van der Waals surface area (Å²) in [6, 6.07) is 14.1. The van der Waals surface area contributed by atoms with Gasteiger partial charge >= 0.3 is 6.03 Å². The van der Waals surface area contributed by atoms with Gasteiger partial charge in [0.25, 0.3) is 0 Å². The van der Waals surface area contributed by atoms with Crippen LogP contribution in [-0.4, -0.2) is 41.2 Å². The first-order valence-electron chi connectivity index (χ1n) is 12.3. The summed E-state index contributed by atoms with van der Waals surface area (Å²) < 4.78 is 5.81. The van der Waals surface area contributed by atoms with E-state index >= 15 is 0 Å². The zero-order chi connectivity index (χ0) is 22.8. The maximum atomic E-state index is 12.7. The van der Waals surface area contributed by atoms with Crippen LogP contribution in [0.4, 0.5) is 16.2 Å². The number of amides is 2. The third-order valence-electron chi connectivity index (χ3n) is 6.98. The van der Waals surface area contributed by atoms with E-state index in [9.17, 15) is 4.79 Å². The van der Waals surface area contributed by atoms with Crippen LogP contribution in [0, 0.1) is 0 Å². The monoisotopic (exact) mass is 446 g/mol. The smallest absolute Gasteiger partial charge is 0.323 e. The molecule has 0 saturated carbocycles. The largest absolute Gasteiger partial charge is 0.489 e. The Hall–Kier alpha value is -2.99. The molecule has 0 radical (unpaired) electrons. The van der Waals surface area contributed by atoms with Crippen LogP contribution < -0.4 is 15.4 Å². The Bertz CT molecular complexity index is 1120. The summed E-state index contributed by atoms with van der Waals surface area (Å²) in [5, 5.41) is 7.14. The SMILES string of the molecule is CC(C)Oc1ccccc1NC(=O)Nc1ccc2[nH]cc(C3CCN4CCCCC4C3)c2c1. The number of piperidine rings is 2. The molecule has 0 spiro atoms. The van der Waals surface area contributed by atoms with Crippen LogP contribution in [0.2, 0.25) is 0 Å². The second-order valence-corrected chi connectivity index (χ2v) is 9.65. The van der Waals surface area contributed by atoms with Gasteiger partial charge in [0.15, 0.2) is 0 Å². The molecule has 2 aromatic carbocycles. The lowest BCUT2D eigenvalue weighted by molar-refractivity contribution is 0.0977. The number of ether oxygens (including phenoxy) is 1. The summed E-state index contributed by atoms with van der Waals surface area (Å²) in [7, 11) is 0. The van der Waals surface area contributed by atoms with Gasteiger partial charge in [0.2, 0.25) is 0 Å². The molecule has 3 N–H and O–H groups in total. The van der Waals surface area contributed by atoms with Crippen molar-refractivity contribution in [1.29, 1.82) is 0 Å². The third-order valence-corrected chi connectivity index (χ3v) is 6.98. The number of hydrogen-bond donors (Lipinski definition) is 3. The molecule has 5 rings (SSSR count). The fourth-order valence-corrected chi connectivity index (χ4v) is 5.44. The molecule has 0 bridgehead atoms. The fraction of sp³-hybridized carbons (Fsp3) is 0.444. The molecule has 3 aromatic rings. The van der Waals surface area contributed by atoms with Crippen LogP contribution in [0.1, 0.15) is 57.4 Å². The quantitative estimate of drug-likeness (QED) is 0.429. The number of benzene rings is 2. The molecule has 2 unspecified atom stereocenters. The van der Waals surface area contributed by atoms with Gasteiger partial charge in [-0.3, -0.25) is 0 Å². The van der Waals surface area contributed by atoms with Crippen molar-refractivity contribution in [2.75, 3.05) is 23.7 Å². The Kier molecular flexibility index (Phi) is 6.27. The summed E-state index contributed by atoms with van der Waals surface area (Å²) in [6.45, 7) is 6.40. The van der Waals surface area contributed by atoms with E-state index < -0.39 is 0 Å². The number of aromatic nitrogens is 1. The normalized spacial score (nSPS) is 21.1. The number of hydrogen-bond acceptors (Lipinski definition) is 3. The number of nitrogens with zero attached hydrogens (tertiary/aromatic N) is 1. The minimum Gasteiger partial charge on any atom is -0.489 e. The standard InChI is InChI=1S/C27H34N4O2/c1-18(2)33-26-9-4-3-8-25(26)30-27(32)29-20-10-11-24-22(16-20)23(17-28-24)19-12-14-31-13-6-5-7-21(31)15-19/h3-4,8-11,16-19,21,28H,5-7,12-15H2,1-2H3,(H2,29,30,32). The summed E-state index contributed by atoms with van der Waals surface area (Å²) >= 11 is 0. The molecule has 6 heteroatoms. The maximum Gasteiger partial charge on any atom is 0.323 e. The fourth-order valence-electron chi connectivity index (χ4n) is 5.44. The number of rotatable bonds is 5. The number of aromatic amines is 1. The van der Waals surface area contributed by atoms with Crippen LogP contribution in [0.15, 0.2) is 48.7 Å². The molecule has 2 saturated heterocycles. The maximum absolute atomic E-state index is 12.7. The van der Waals surface area contributed by atoms with Gasteiger partial charge in [0.1, 0.15) is 5.75 Å². The highest BCUT2D eigenvalue weighted by molar-refractivity contribution is 6.02. The van der Waals surface area contributed by atoms with Crippen molar-refractivity contribution in [3.8, 4) is 5.75 Å². The van der Waals surface area contributed by atoms with Crippen molar-refractivity contribution in [3.63, 3.8) is 0 Å². The van der Waals surface area contributed by atoms with Crippen molar-refractivity contribution in [1.82, 2.24) is 9.88 Å². The van der Waals surface area contributed by atoms with Gasteiger partial charge < -0.3 is 25.3 Å². The molecule has 2 aliphatic heterocycles. The molecule has 3 heterocycles. The molecule has 2 amide bonds. The van der Waals surface area contributed by atoms with Gasteiger partial charge in [-0.2, -0.15) is 0 Å². The summed E-state index contributed by atoms with van der Waals surface area (Å²) in [6.07, 6.45) is 8.68. The average Bonchev–Trinajstić information content (AvgIpc) is 3.23. The van der Waals surface area contributed by atoms with E-state index in [0.717, 1.165) is 17.2 Å². The van der Waals surface area contributed by atoms with E-state index in [2.05, 4.69) is 38.8 Å². The third kappa shape index (κ3) is 4.86. The van der Waals surface area contributed by atoms with Gasteiger partial charge in [-0.25, -0.2) is 4.79 Å².